The monoisotopic (exact) mass is 307 g/mol. The van der Waals surface area contributed by atoms with Gasteiger partial charge < -0.3 is 5.32 Å². The van der Waals surface area contributed by atoms with Gasteiger partial charge in [0.2, 0.25) is 5.91 Å². The zero-order valence-electron chi connectivity index (χ0n) is 12.2. The second kappa shape index (κ2) is 8.88. The topological polar surface area (TPSA) is 29.1 Å². The van der Waals surface area contributed by atoms with Crippen molar-refractivity contribution in [1.29, 1.82) is 0 Å². The van der Waals surface area contributed by atoms with Crippen molar-refractivity contribution in [3.05, 3.63) is 47.3 Å². The fourth-order valence-electron chi connectivity index (χ4n) is 2.39. The molecule has 0 atom stereocenters. The summed E-state index contributed by atoms with van der Waals surface area (Å²) >= 11 is 1.56. The second-order valence-corrected chi connectivity index (χ2v) is 6.31. The van der Waals surface area contributed by atoms with Crippen LogP contribution in [0.25, 0.3) is 0 Å². The van der Waals surface area contributed by atoms with Gasteiger partial charge in [-0.25, -0.2) is 4.39 Å². The molecule has 0 unspecified atom stereocenters. The molecule has 0 saturated carbocycles. The molecular formula is C17H22FNOS. The molecule has 0 fully saturated rings. The number of amides is 1. The SMILES string of the molecule is O=C(CSCc1ccc(F)cc1)NCCC1=CCCCC1. The molecule has 0 bridgehead atoms. The van der Waals surface area contributed by atoms with Crippen LogP contribution < -0.4 is 5.32 Å². The minimum atomic E-state index is -0.224. The molecule has 0 aromatic heterocycles. The van der Waals surface area contributed by atoms with Crippen LogP contribution in [0.4, 0.5) is 4.39 Å². The van der Waals surface area contributed by atoms with Crippen molar-refractivity contribution in [2.75, 3.05) is 12.3 Å². The highest BCUT2D eigenvalue weighted by molar-refractivity contribution is 7.99. The third-order valence-electron chi connectivity index (χ3n) is 3.57. The van der Waals surface area contributed by atoms with Gasteiger partial charge in [0.15, 0.2) is 0 Å². The maximum absolute atomic E-state index is 12.8. The summed E-state index contributed by atoms with van der Waals surface area (Å²) < 4.78 is 12.8. The summed E-state index contributed by atoms with van der Waals surface area (Å²) in [7, 11) is 0. The van der Waals surface area contributed by atoms with E-state index in [1.807, 2.05) is 0 Å². The number of benzene rings is 1. The van der Waals surface area contributed by atoms with Gasteiger partial charge in [-0.1, -0.05) is 23.8 Å². The van der Waals surface area contributed by atoms with E-state index in [0.717, 1.165) is 24.3 Å². The minimum Gasteiger partial charge on any atom is -0.355 e. The highest BCUT2D eigenvalue weighted by atomic mass is 32.2. The standard InChI is InChI=1S/C17H22FNOS/c18-16-8-6-15(7-9-16)12-21-13-17(20)19-11-10-14-4-2-1-3-5-14/h4,6-9H,1-3,5,10-13H2,(H,19,20). The summed E-state index contributed by atoms with van der Waals surface area (Å²) in [4.78, 5) is 11.7. The average molecular weight is 307 g/mol. The number of nitrogens with one attached hydrogen (secondary N) is 1. The molecule has 1 aliphatic rings. The molecule has 0 saturated heterocycles. The minimum absolute atomic E-state index is 0.0820. The number of rotatable bonds is 7. The summed E-state index contributed by atoms with van der Waals surface area (Å²) in [5.74, 6) is 1.05. The van der Waals surface area contributed by atoms with Crippen molar-refractivity contribution in [3.8, 4) is 0 Å². The quantitative estimate of drug-likeness (QED) is 0.770. The molecule has 0 radical (unpaired) electrons. The lowest BCUT2D eigenvalue weighted by Gasteiger charge is -2.12. The molecule has 0 spiro atoms. The molecule has 21 heavy (non-hydrogen) atoms. The fourth-order valence-corrected chi connectivity index (χ4v) is 3.21. The number of hydrogen-bond acceptors (Lipinski definition) is 2. The van der Waals surface area contributed by atoms with Gasteiger partial charge in [-0.05, 0) is 49.8 Å². The Balaban J connectivity index is 1.57. The number of carbonyl (C=O) groups excluding carboxylic acids is 1. The zero-order chi connectivity index (χ0) is 14.9. The van der Waals surface area contributed by atoms with Gasteiger partial charge in [-0.2, -0.15) is 0 Å². The van der Waals surface area contributed by atoms with Crippen molar-refractivity contribution in [3.63, 3.8) is 0 Å². The molecule has 1 aromatic rings. The lowest BCUT2D eigenvalue weighted by Crippen LogP contribution is -2.26. The van der Waals surface area contributed by atoms with Gasteiger partial charge in [-0.15, -0.1) is 11.8 Å². The first-order valence-electron chi connectivity index (χ1n) is 7.51. The maximum Gasteiger partial charge on any atom is 0.230 e. The Labute approximate surface area is 130 Å². The molecule has 1 aliphatic carbocycles. The van der Waals surface area contributed by atoms with Crippen LogP contribution in [0.5, 0.6) is 0 Å². The fraction of sp³-hybridized carbons (Fsp3) is 0.471. The summed E-state index contributed by atoms with van der Waals surface area (Å²) in [6.45, 7) is 0.738. The van der Waals surface area contributed by atoms with E-state index in [9.17, 15) is 9.18 Å². The van der Waals surface area contributed by atoms with Crippen LogP contribution in [0, 0.1) is 5.82 Å². The number of hydrogen-bond donors (Lipinski definition) is 1. The van der Waals surface area contributed by atoms with Crippen LogP contribution in [-0.2, 0) is 10.5 Å². The molecule has 0 heterocycles. The van der Waals surface area contributed by atoms with E-state index in [2.05, 4.69) is 11.4 Å². The van der Waals surface area contributed by atoms with E-state index in [1.165, 1.54) is 43.4 Å². The maximum atomic E-state index is 12.8. The Morgan fingerprint density at radius 3 is 2.76 bits per heavy atom. The van der Waals surface area contributed by atoms with Crippen molar-refractivity contribution >= 4 is 17.7 Å². The van der Waals surface area contributed by atoms with E-state index in [0.29, 0.717) is 5.75 Å². The molecule has 1 N–H and O–H groups in total. The van der Waals surface area contributed by atoms with E-state index < -0.39 is 0 Å². The first kappa shape index (κ1) is 16.1. The zero-order valence-corrected chi connectivity index (χ0v) is 13.1. The van der Waals surface area contributed by atoms with Gasteiger partial charge in [0.1, 0.15) is 5.82 Å². The summed E-state index contributed by atoms with van der Waals surface area (Å²) in [5, 5.41) is 2.96. The second-order valence-electron chi connectivity index (χ2n) is 5.33. The predicted octanol–water partition coefficient (Wildman–Crippen LogP) is 4.07. The van der Waals surface area contributed by atoms with Crippen molar-refractivity contribution in [1.82, 2.24) is 5.32 Å². The molecule has 4 heteroatoms. The molecular weight excluding hydrogens is 285 g/mol. The molecule has 1 amide bonds. The Kier molecular flexibility index (Phi) is 6.80. The van der Waals surface area contributed by atoms with Gasteiger partial charge in [0.25, 0.3) is 0 Å². The largest absolute Gasteiger partial charge is 0.355 e. The lowest BCUT2D eigenvalue weighted by molar-refractivity contribution is -0.118. The number of allylic oxidation sites excluding steroid dienone is 1. The summed E-state index contributed by atoms with van der Waals surface area (Å²) in [5.41, 5.74) is 2.53. The third-order valence-corrected chi connectivity index (χ3v) is 4.57. The number of thioether (sulfide) groups is 1. The third kappa shape index (κ3) is 6.34. The van der Waals surface area contributed by atoms with Crippen LogP contribution in [0.1, 0.15) is 37.7 Å². The van der Waals surface area contributed by atoms with E-state index in [4.69, 9.17) is 0 Å². The van der Waals surface area contributed by atoms with Crippen molar-refractivity contribution in [2.24, 2.45) is 0 Å². The van der Waals surface area contributed by atoms with Crippen LogP contribution in [0.15, 0.2) is 35.9 Å². The highest BCUT2D eigenvalue weighted by Gasteiger charge is 2.05. The summed E-state index contributed by atoms with van der Waals surface area (Å²) in [6.07, 6.45) is 8.27. The first-order chi connectivity index (χ1) is 10.2. The summed E-state index contributed by atoms with van der Waals surface area (Å²) in [6, 6.07) is 6.42. The van der Waals surface area contributed by atoms with Crippen LogP contribution in [0.2, 0.25) is 0 Å². The van der Waals surface area contributed by atoms with Crippen molar-refractivity contribution in [2.45, 2.75) is 37.9 Å². The molecule has 2 rings (SSSR count). The van der Waals surface area contributed by atoms with Crippen LogP contribution in [0.3, 0.4) is 0 Å². The van der Waals surface area contributed by atoms with Crippen LogP contribution >= 0.6 is 11.8 Å². The predicted molar refractivity (Wildman–Crippen MR) is 86.7 cm³/mol. The lowest BCUT2D eigenvalue weighted by atomic mass is 9.97. The van der Waals surface area contributed by atoms with Gasteiger partial charge in [-0.3, -0.25) is 4.79 Å². The average Bonchev–Trinajstić information content (AvgIpc) is 2.50. The first-order valence-corrected chi connectivity index (χ1v) is 8.66. The molecule has 0 aliphatic heterocycles. The van der Waals surface area contributed by atoms with Gasteiger partial charge >= 0.3 is 0 Å². The Morgan fingerprint density at radius 1 is 1.24 bits per heavy atom. The van der Waals surface area contributed by atoms with E-state index in [-0.39, 0.29) is 11.7 Å². The highest BCUT2D eigenvalue weighted by Crippen LogP contribution is 2.19. The molecule has 1 aromatic carbocycles. The van der Waals surface area contributed by atoms with E-state index >= 15 is 0 Å². The van der Waals surface area contributed by atoms with Crippen LogP contribution in [-0.4, -0.2) is 18.2 Å². The number of carbonyl (C=O) groups is 1. The molecule has 114 valence electrons. The Bertz CT molecular complexity index is 484. The van der Waals surface area contributed by atoms with E-state index in [1.54, 1.807) is 23.9 Å². The smallest absolute Gasteiger partial charge is 0.230 e. The number of halogens is 1. The van der Waals surface area contributed by atoms with Crippen molar-refractivity contribution < 1.29 is 9.18 Å². The Hall–Kier alpha value is -1.29. The van der Waals surface area contributed by atoms with Gasteiger partial charge in [0, 0.05) is 12.3 Å². The van der Waals surface area contributed by atoms with Gasteiger partial charge in [0.05, 0.1) is 5.75 Å². The normalized spacial score (nSPS) is 14.6. The molecule has 2 nitrogen and oxygen atoms in total. The Morgan fingerprint density at radius 2 is 2.05 bits per heavy atom.